The number of nitrogens with one attached hydrogen (secondary N) is 1. The molecule has 0 amide bonds. The van der Waals surface area contributed by atoms with Crippen LogP contribution in [0.3, 0.4) is 0 Å². The molecule has 0 atom stereocenters. The van der Waals surface area contributed by atoms with Crippen LogP contribution in [0.15, 0.2) is 18.2 Å². The lowest BCUT2D eigenvalue weighted by Gasteiger charge is -2.21. The molecule has 0 unspecified atom stereocenters. The van der Waals surface area contributed by atoms with E-state index in [2.05, 4.69) is 58.1 Å². The summed E-state index contributed by atoms with van der Waals surface area (Å²) in [7, 11) is 0. The van der Waals surface area contributed by atoms with Gasteiger partial charge in [0.1, 0.15) is 0 Å². The first-order chi connectivity index (χ1) is 6.38. The molecule has 0 aliphatic heterocycles. The first kappa shape index (κ1) is 11.3. The molecular weight excluding hydrogens is 170 g/mol. The van der Waals surface area contributed by atoms with Crippen LogP contribution < -0.4 is 5.32 Å². The van der Waals surface area contributed by atoms with Gasteiger partial charge in [-0.2, -0.15) is 0 Å². The zero-order valence-electron chi connectivity index (χ0n) is 9.94. The fraction of sp³-hybridized carbons (Fsp3) is 0.538. The zero-order chi connectivity index (χ0) is 10.8. The molecule has 0 heterocycles. The Hall–Kier alpha value is -0.820. The lowest BCUT2D eigenvalue weighted by Crippen LogP contribution is -2.35. The first-order valence-corrected chi connectivity index (χ1v) is 5.20. The number of benzene rings is 1. The number of hydrogen-bond acceptors (Lipinski definition) is 1. The van der Waals surface area contributed by atoms with Crippen LogP contribution in [-0.2, 0) is 6.54 Å². The molecule has 0 spiro atoms. The molecule has 0 bridgehead atoms. The number of rotatable bonds is 2. The van der Waals surface area contributed by atoms with Crippen molar-refractivity contribution in [2.24, 2.45) is 0 Å². The van der Waals surface area contributed by atoms with E-state index in [9.17, 15) is 0 Å². The second-order valence-corrected chi connectivity index (χ2v) is 5.03. The maximum Gasteiger partial charge on any atom is 0.0213 e. The first-order valence-electron chi connectivity index (χ1n) is 5.20. The SMILES string of the molecule is Cc1ccc(C)c(CNC(C)(C)C)c1. The highest BCUT2D eigenvalue weighted by Gasteiger charge is 2.09. The Morgan fingerprint density at radius 1 is 1.14 bits per heavy atom. The largest absolute Gasteiger partial charge is 0.308 e. The lowest BCUT2D eigenvalue weighted by molar-refractivity contribution is 0.424. The van der Waals surface area contributed by atoms with Crippen LogP contribution in [0.25, 0.3) is 0 Å². The average molecular weight is 191 g/mol. The average Bonchev–Trinajstić information content (AvgIpc) is 2.05. The van der Waals surface area contributed by atoms with Crippen LogP contribution in [0.5, 0.6) is 0 Å². The Morgan fingerprint density at radius 3 is 2.36 bits per heavy atom. The van der Waals surface area contributed by atoms with Gasteiger partial charge in [0.05, 0.1) is 0 Å². The topological polar surface area (TPSA) is 12.0 Å². The maximum absolute atomic E-state index is 3.51. The highest BCUT2D eigenvalue weighted by atomic mass is 14.9. The molecule has 1 heteroatoms. The standard InChI is InChI=1S/C13H21N/c1-10-6-7-11(2)12(8-10)9-14-13(3,4)5/h6-8,14H,9H2,1-5H3. The van der Waals surface area contributed by atoms with Crippen LogP contribution in [0.1, 0.15) is 37.5 Å². The highest BCUT2D eigenvalue weighted by molar-refractivity contribution is 5.30. The zero-order valence-corrected chi connectivity index (χ0v) is 9.94. The van der Waals surface area contributed by atoms with E-state index in [1.807, 2.05) is 0 Å². The Labute approximate surface area is 87.5 Å². The van der Waals surface area contributed by atoms with Gasteiger partial charge in [0.25, 0.3) is 0 Å². The third kappa shape index (κ3) is 3.51. The van der Waals surface area contributed by atoms with Crippen LogP contribution in [0, 0.1) is 13.8 Å². The fourth-order valence-electron chi connectivity index (χ4n) is 1.35. The third-order valence-corrected chi connectivity index (χ3v) is 2.31. The third-order valence-electron chi connectivity index (χ3n) is 2.31. The minimum absolute atomic E-state index is 0.191. The van der Waals surface area contributed by atoms with Gasteiger partial charge < -0.3 is 5.32 Å². The smallest absolute Gasteiger partial charge is 0.0213 e. The number of aryl methyl sites for hydroxylation is 2. The van der Waals surface area contributed by atoms with Gasteiger partial charge in [-0.05, 0) is 45.7 Å². The molecule has 0 fully saturated rings. The summed E-state index contributed by atoms with van der Waals surface area (Å²) >= 11 is 0. The predicted molar refractivity (Wildman–Crippen MR) is 62.5 cm³/mol. The van der Waals surface area contributed by atoms with E-state index in [1.165, 1.54) is 16.7 Å². The monoisotopic (exact) mass is 191 g/mol. The van der Waals surface area contributed by atoms with Crippen molar-refractivity contribution in [3.8, 4) is 0 Å². The van der Waals surface area contributed by atoms with Crippen molar-refractivity contribution < 1.29 is 0 Å². The molecule has 0 aromatic heterocycles. The van der Waals surface area contributed by atoms with Crippen molar-refractivity contribution in [2.75, 3.05) is 0 Å². The maximum atomic E-state index is 3.51. The highest BCUT2D eigenvalue weighted by Crippen LogP contribution is 2.11. The Balaban J connectivity index is 2.72. The summed E-state index contributed by atoms with van der Waals surface area (Å²) in [4.78, 5) is 0. The fourth-order valence-corrected chi connectivity index (χ4v) is 1.35. The molecule has 0 aliphatic rings. The molecule has 0 radical (unpaired) electrons. The van der Waals surface area contributed by atoms with E-state index in [0.717, 1.165) is 6.54 Å². The molecular formula is C13H21N. The summed E-state index contributed by atoms with van der Waals surface area (Å²) in [6.45, 7) is 11.8. The van der Waals surface area contributed by atoms with Gasteiger partial charge in [0.15, 0.2) is 0 Å². The quantitative estimate of drug-likeness (QED) is 0.757. The van der Waals surface area contributed by atoms with E-state index in [1.54, 1.807) is 0 Å². The summed E-state index contributed by atoms with van der Waals surface area (Å²) in [5.74, 6) is 0. The van der Waals surface area contributed by atoms with E-state index >= 15 is 0 Å². The molecule has 78 valence electrons. The van der Waals surface area contributed by atoms with E-state index in [-0.39, 0.29) is 5.54 Å². The molecule has 1 aromatic rings. The van der Waals surface area contributed by atoms with E-state index < -0.39 is 0 Å². The molecule has 1 aromatic carbocycles. The molecule has 0 aliphatic carbocycles. The van der Waals surface area contributed by atoms with Gasteiger partial charge in [-0.1, -0.05) is 23.8 Å². The predicted octanol–water partition coefficient (Wildman–Crippen LogP) is 3.19. The second-order valence-electron chi connectivity index (χ2n) is 5.03. The van der Waals surface area contributed by atoms with Crippen molar-refractivity contribution >= 4 is 0 Å². The van der Waals surface area contributed by atoms with Gasteiger partial charge in [0.2, 0.25) is 0 Å². The van der Waals surface area contributed by atoms with Crippen LogP contribution in [0.2, 0.25) is 0 Å². The van der Waals surface area contributed by atoms with E-state index in [0.29, 0.717) is 0 Å². The molecule has 1 rings (SSSR count). The molecule has 0 saturated heterocycles. The van der Waals surface area contributed by atoms with E-state index in [4.69, 9.17) is 0 Å². The van der Waals surface area contributed by atoms with Crippen LogP contribution in [0.4, 0.5) is 0 Å². The minimum atomic E-state index is 0.191. The van der Waals surface area contributed by atoms with Crippen molar-refractivity contribution in [2.45, 2.75) is 46.7 Å². The van der Waals surface area contributed by atoms with Gasteiger partial charge >= 0.3 is 0 Å². The van der Waals surface area contributed by atoms with Crippen molar-refractivity contribution in [3.63, 3.8) is 0 Å². The Bertz CT molecular complexity index is 308. The second kappa shape index (κ2) is 4.14. The summed E-state index contributed by atoms with van der Waals surface area (Å²) < 4.78 is 0. The van der Waals surface area contributed by atoms with Gasteiger partial charge in [0, 0.05) is 12.1 Å². The van der Waals surface area contributed by atoms with Crippen molar-refractivity contribution in [1.29, 1.82) is 0 Å². The van der Waals surface area contributed by atoms with Crippen molar-refractivity contribution in [3.05, 3.63) is 34.9 Å². The van der Waals surface area contributed by atoms with Crippen LogP contribution >= 0.6 is 0 Å². The molecule has 1 nitrogen and oxygen atoms in total. The number of hydrogen-bond donors (Lipinski definition) is 1. The molecule has 1 N–H and O–H groups in total. The summed E-state index contributed by atoms with van der Waals surface area (Å²) in [5.41, 5.74) is 4.30. The summed E-state index contributed by atoms with van der Waals surface area (Å²) in [6, 6.07) is 6.61. The lowest BCUT2D eigenvalue weighted by atomic mass is 10.0. The van der Waals surface area contributed by atoms with Crippen molar-refractivity contribution in [1.82, 2.24) is 5.32 Å². The van der Waals surface area contributed by atoms with Gasteiger partial charge in [-0.15, -0.1) is 0 Å². The Kier molecular flexibility index (Phi) is 3.33. The van der Waals surface area contributed by atoms with Gasteiger partial charge in [-0.3, -0.25) is 0 Å². The van der Waals surface area contributed by atoms with Gasteiger partial charge in [-0.25, -0.2) is 0 Å². The summed E-state index contributed by atoms with van der Waals surface area (Å²) in [5, 5.41) is 3.51. The molecule has 0 saturated carbocycles. The Morgan fingerprint density at radius 2 is 1.79 bits per heavy atom. The van der Waals surface area contributed by atoms with Crippen LogP contribution in [-0.4, -0.2) is 5.54 Å². The molecule has 14 heavy (non-hydrogen) atoms. The minimum Gasteiger partial charge on any atom is -0.308 e. The normalized spacial score (nSPS) is 11.8. The summed E-state index contributed by atoms with van der Waals surface area (Å²) in [6.07, 6.45) is 0.